The van der Waals surface area contributed by atoms with Gasteiger partial charge >= 0.3 is 0 Å². The SMILES string of the molecule is COc1cc2c(cc1OC)CN(CC(=O)NC(C1CC1)C1CC1)CC2. The fourth-order valence-electron chi connectivity index (χ4n) is 4.04. The Bertz CT molecular complexity index is 641. The number of fused-ring (bicyclic) bond motifs is 1. The molecule has 1 aliphatic heterocycles. The largest absolute Gasteiger partial charge is 0.493 e. The summed E-state index contributed by atoms with van der Waals surface area (Å²) >= 11 is 0. The van der Waals surface area contributed by atoms with E-state index in [9.17, 15) is 4.79 Å². The molecular weight excluding hydrogens is 316 g/mol. The lowest BCUT2D eigenvalue weighted by molar-refractivity contribution is -0.123. The molecule has 136 valence electrons. The van der Waals surface area contributed by atoms with Crippen LogP contribution < -0.4 is 14.8 Å². The van der Waals surface area contributed by atoms with Gasteiger partial charge in [-0.15, -0.1) is 0 Å². The van der Waals surface area contributed by atoms with Crippen LogP contribution in [0.25, 0.3) is 0 Å². The molecule has 0 atom stereocenters. The minimum absolute atomic E-state index is 0.188. The van der Waals surface area contributed by atoms with Crippen LogP contribution in [-0.2, 0) is 17.8 Å². The predicted molar refractivity (Wildman–Crippen MR) is 95.9 cm³/mol. The molecule has 0 saturated heterocycles. The molecule has 0 aromatic heterocycles. The monoisotopic (exact) mass is 344 g/mol. The number of carbonyl (C=O) groups is 1. The third-order valence-corrected chi connectivity index (χ3v) is 5.75. The van der Waals surface area contributed by atoms with Crippen LogP contribution >= 0.6 is 0 Å². The van der Waals surface area contributed by atoms with Crippen molar-refractivity contribution in [2.45, 2.75) is 44.7 Å². The van der Waals surface area contributed by atoms with Gasteiger partial charge in [0.2, 0.25) is 5.91 Å². The average Bonchev–Trinajstić information content (AvgIpc) is 3.51. The topological polar surface area (TPSA) is 50.8 Å². The number of benzene rings is 1. The zero-order valence-electron chi connectivity index (χ0n) is 15.2. The van der Waals surface area contributed by atoms with Crippen molar-refractivity contribution in [1.82, 2.24) is 10.2 Å². The highest BCUT2D eigenvalue weighted by Crippen LogP contribution is 2.44. The average molecular weight is 344 g/mol. The number of carbonyl (C=O) groups excluding carboxylic acids is 1. The van der Waals surface area contributed by atoms with Gasteiger partial charge in [0.1, 0.15) is 0 Å². The van der Waals surface area contributed by atoms with Crippen molar-refractivity contribution in [3.05, 3.63) is 23.3 Å². The van der Waals surface area contributed by atoms with Crippen molar-refractivity contribution in [1.29, 1.82) is 0 Å². The van der Waals surface area contributed by atoms with E-state index in [1.54, 1.807) is 14.2 Å². The Balaban J connectivity index is 1.37. The van der Waals surface area contributed by atoms with E-state index in [2.05, 4.69) is 22.3 Å². The molecule has 1 N–H and O–H groups in total. The second-order valence-corrected chi connectivity index (χ2v) is 7.70. The van der Waals surface area contributed by atoms with E-state index in [-0.39, 0.29) is 5.91 Å². The van der Waals surface area contributed by atoms with Crippen LogP contribution in [0.5, 0.6) is 11.5 Å². The Labute approximate surface area is 149 Å². The molecular formula is C20H28N2O3. The molecule has 25 heavy (non-hydrogen) atoms. The van der Waals surface area contributed by atoms with E-state index in [4.69, 9.17) is 9.47 Å². The Morgan fingerprint density at radius 3 is 2.28 bits per heavy atom. The molecule has 1 heterocycles. The van der Waals surface area contributed by atoms with Gasteiger partial charge in [-0.1, -0.05) is 0 Å². The van der Waals surface area contributed by atoms with Crippen LogP contribution in [0, 0.1) is 11.8 Å². The zero-order valence-corrected chi connectivity index (χ0v) is 15.2. The highest BCUT2D eigenvalue weighted by Gasteiger charge is 2.42. The lowest BCUT2D eigenvalue weighted by Gasteiger charge is -2.29. The molecule has 1 amide bonds. The summed E-state index contributed by atoms with van der Waals surface area (Å²) in [7, 11) is 3.33. The summed E-state index contributed by atoms with van der Waals surface area (Å²) < 4.78 is 10.8. The number of amides is 1. The minimum atomic E-state index is 0.188. The van der Waals surface area contributed by atoms with Crippen molar-refractivity contribution in [3.63, 3.8) is 0 Å². The summed E-state index contributed by atoms with van der Waals surface area (Å²) in [6, 6.07) is 4.56. The summed E-state index contributed by atoms with van der Waals surface area (Å²) in [6.45, 7) is 2.19. The number of nitrogens with zero attached hydrogens (tertiary/aromatic N) is 1. The number of hydrogen-bond acceptors (Lipinski definition) is 4. The van der Waals surface area contributed by atoms with Gasteiger partial charge in [-0.2, -0.15) is 0 Å². The van der Waals surface area contributed by atoms with Gasteiger partial charge < -0.3 is 14.8 Å². The number of hydrogen-bond donors (Lipinski definition) is 1. The molecule has 0 radical (unpaired) electrons. The number of rotatable bonds is 7. The lowest BCUT2D eigenvalue weighted by atomic mass is 9.98. The van der Waals surface area contributed by atoms with E-state index in [1.807, 2.05) is 0 Å². The Morgan fingerprint density at radius 1 is 1.12 bits per heavy atom. The van der Waals surface area contributed by atoms with Gasteiger partial charge in [0, 0.05) is 19.1 Å². The lowest BCUT2D eigenvalue weighted by Crippen LogP contribution is -2.45. The fourth-order valence-corrected chi connectivity index (χ4v) is 4.04. The molecule has 3 aliphatic rings. The van der Waals surface area contributed by atoms with Crippen LogP contribution in [-0.4, -0.2) is 44.2 Å². The first kappa shape index (κ1) is 16.7. The first-order valence-corrected chi connectivity index (χ1v) is 9.43. The zero-order chi connectivity index (χ0) is 17.4. The summed E-state index contributed by atoms with van der Waals surface area (Å²) in [5.74, 6) is 3.22. The number of methoxy groups -OCH3 is 2. The normalized spacial score (nSPS) is 20.3. The van der Waals surface area contributed by atoms with Gasteiger partial charge in [-0.3, -0.25) is 9.69 Å². The third-order valence-electron chi connectivity index (χ3n) is 5.75. The second kappa shape index (κ2) is 6.87. The van der Waals surface area contributed by atoms with Gasteiger partial charge in [-0.25, -0.2) is 0 Å². The van der Waals surface area contributed by atoms with Crippen LogP contribution in [0.1, 0.15) is 36.8 Å². The summed E-state index contributed by atoms with van der Waals surface area (Å²) in [5.41, 5.74) is 2.53. The van der Waals surface area contributed by atoms with Gasteiger partial charge in [0.25, 0.3) is 0 Å². The van der Waals surface area contributed by atoms with Crippen LogP contribution in [0.2, 0.25) is 0 Å². The molecule has 4 rings (SSSR count). The fraction of sp³-hybridized carbons (Fsp3) is 0.650. The first-order valence-electron chi connectivity index (χ1n) is 9.43. The number of nitrogens with one attached hydrogen (secondary N) is 1. The van der Waals surface area contributed by atoms with Gasteiger partial charge in [0.05, 0.1) is 20.8 Å². The van der Waals surface area contributed by atoms with Crippen molar-refractivity contribution in [2.75, 3.05) is 27.3 Å². The van der Waals surface area contributed by atoms with Crippen LogP contribution in [0.3, 0.4) is 0 Å². The van der Waals surface area contributed by atoms with E-state index in [0.717, 1.165) is 42.8 Å². The van der Waals surface area contributed by atoms with Crippen LogP contribution in [0.4, 0.5) is 0 Å². The predicted octanol–water partition coefficient (Wildman–Crippen LogP) is 2.37. The van der Waals surface area contributed by atoms with Crippen molar-refractivity contribution < 1.29 is 14.3 Å². The molecule has 0 spiro atoms. The maximum atomic E-state index is 12.5. The molecule has 5 nitrogen and oxygen atoms in total. The molecule has 2 saturated carbocycles. The number of ether oxygens (including phenoxy) is 2. The molecule has 1 aromatic rings. The van der Waals surface area contributed by atoms with E-state index in [0.29, 0.717) is 12.6 Å². The molecule has 0 unspecified atom stereocenters. The summed E-state index contributed by atoms with van der Waals surface area (Å²) in [4.78, 5) is 14.8. The van der Waals surface area contributed by atoms with Crippen molar-refractivity contribution in [2.24, 2.45) is 11.8 Å². The molecule has 0 bridgehead atoms. The molecule has 2 aliphatic carbocycles. The maximum Gasteiger partial charge on any atom is 0.234 e. The van der Waals surface area contributed by atoms with Crippen molar-refractivity contribution >= 4 is 5.91 Å². The smallest absolute Gasteiger partial charge is 0.234 e. The van der Waals surface area contributed by atoms with Gasteiger partial charge in [-0.05, 0) is 67.2 Å². The van der Waals surface area contributed by atoms with E-state index in [1.165, 1.54) is 36.8 Å². The van der Waals surface area contributed by atoms with E-state index < -0.39 is 0 Å². The van der Waals surface area contributed by atoms with Crippen LogP contribution in [0.15, 0.2) is 12.1 Å². The molecule has 1 aromatic carbocycles. The van der Waals surface area contributed by atoms with Gasteiger partial charge in [0.15, 0.2) is 11.5 Å². The highest BCUT2D eigenvalue weighted by molar-refractivity contribution is 5.78. The Hall–Kier alpha value is -1.75. The van der Waals surface area contributed by atoms with E-state index >= 15 is 0 Å². The van der Waals surface area contributed by atoms with Crippen molar-refractivity contribution in [3.8, 4) is 11.5 Å². The summed E-state index contributed by atoms with van der Waals surface area (Å²) in [6.07, 6.45) is 6.11. The third kappa shape index (κ3) is 3.76. The Morgan fingerprint density at radius 2 is 1.72 bits per heavy atom. The molecule has 5 heteroatoms. The quantitative estimate of drug-likeness (QED) is 0.825. The molecule has 2 fully saturated rings. The standard InChI is InChI=1S/C20H28N2O3/c1-24-17-9-15-7-8-22(11-16(15)10-18(17)25-2)12-19(23)21-20(13-3-4-13)14-5-6-14/h9-10,13-14,20H,3-8,11-12H2,1-2H3,(H,21,23). The maximum absolute atomic E-state index is 12.5. The Kier molecular flexibility index (Phi) is 4.59. The second-order valence-electron chi connectivity index (χ2n) is 7.70. The highest BCUT2D eigenvalue weighted by atomic mass is 16.5. The first-order chi connectivity index (χ1) is 12.2. The minimum Gasteiger partial charge on any atom is -0.493 e. The summed E-state index contributed by atoms with van der Waals surface area (Å²) in [5, 5.41) is 3.33.